The van der Waals surface area contributed by atoms with E-state index in [2.05, 4.69) is 13.8 Å². The van der Waals surface area contributed by atoms with Gasteiger partial charge in [0.15, 0.2) is 0 Å². The smallest absolute Gasteiger partial charge is 0.221 e. The van der Waals surface area contributed by atoms with Crippen LogP contribution in [0.3, 0.4) is 0 Å². The summed E-state index contributed by atoms with van der Waals surface area (Å²) in [6, 6.07) is 3.90. The zero-order chi connectivity index (χ0) is 11.6. The molecule has 1 aromatic carbocycles. The van der Waals surface area contributed by atoms with E-state index in [-0.39, 0.29) is 12.3 Å². The molecule has 0 aromatic heterocycles. The molecule has 0 saturated heterocycles. The van der Waals surface area contributed by atoms with Crippen LogP contribution in [0.2, 0.25) is 5.02 Å². The minimum Gasteiger partial charge on any atom is -0.369 e. The lowest BCUT2D eigenvalue weighted by Crippen LogP contribution is -2.15. The first-order chi connectivity index (χ1) is 6.91. The normalized spacial score (nSPS) is 10.7. The van der Waals surface area contributed by atoms with Crippen molar-refractivity contribution in [3.8, 4) is 0 Å². The van der Waals surface area contributed by atoms with Gasteiger partial charge in [0.25, 0.3) is 0 Å². The van der Waals surface area contributed by atoms with E-state index >= 15 is 0 Å². The summed E-state index contributed by atoms with van der Waals surface area (Å²) in [6.07, 6.45) is 0.259. The van der Waals surface area contributed by atoms with Crippen molar-refractivity contribution in [2.24, 2.45) is 5.73 Å². The Morgan fingerprint density at radius 2 is 2.07 bits per heavy atom. The highest BCUT2D eigenvalue weighted by Gasteiger charge is 2.13. The highest BCUT2D eigenvalue weighted by atomic mass is 35.5. The third kappa shape index (κ3) is 2.96. The molecule has 0 fully saturated rings. The molecule has 0 atom stereocenters. The molecule has 0 bridgehead atoms. The number of primary amides is 1. The van der Waals surface area contributed by atoms with Crippen molar-refractivity contribution in [2.45, 2.75) is 33.1 Å². The van der Waals surface area contributed by atoms with Crippen LogP contribution in [0, 0.1) is 6.92 Å². The summed E-state index contributed by atoms with van der Waals surface area (Å²) in [4.78, 5) is 10.9. The molecule has 0 aliphatic rings. The van der Waals surface area contributed by atoms with Crippen LogP contribution in [0.4, 0.5) is 0 Å². The zero-order valence-corrected chi connectivity index (χ0v) is 10.1. The lowest BCUT2D eigenvalue weighted by molar-refractivity contribution is -0.117. The quantitative estimate of drug-likeness (QED) is 0.845. The van der Waals surface area contributed by atoms with E-state index in [4.69, 9.17) is 17.3 Å². The second-order valence-electron chi connectivity index (χ2n) is 4.12. The second-order valence-corrected chi connectivity index (χ2v) is 4.52. The number of benzene rings is 1. The summed E-state index contributed by atoms with van der Waals surface area (Å²) in [6.45, 7) is 6.07. The van der Waals surface area contributed by atoms with Gasteiger partial charge in [-0.1, -0.05) is 31.5 Å². The van der Waals surface area contributed by atoms with Crippen LogP contribution < -0.4 is 5.73 Å². The van der Waals surface area contributed by atoms with Crippen LogP contribution in [-0.2, 0) is 11.2 Å². The van der Waals surface area contributed by atoms with E-state index in [1.807, 2.05) is 19.1 Å². The number of rotatable bonds is 3. The predicted molar refractivity (Wildman–Crippen MR) is 63.2 cm³/mol. The van der Waals surface area contributed by atoms with Gasteiger partial charge in [-0.05, 0) is 35.6 Å². The maximum absolute atomic E-state index is 10.9. The first-order valence-electron chi connectivity index (χ1n) is 4.99. The minimum atomic E-state index is -0.321. The standard InChI is InChI=1S/C12H16ClNO/c1-7(2)12-9(6-11(14)15)4-8(3)5-10(12)13/h4-5,7H,6H2,1-3H3,(H2,14,15). The molecule has 3 heteroatoms. The molecule has 2 nitrogen and oxygen atoms in total. The Hall–Kier alpha value is -1.02. The van der Waals surface area contributed by atoms with Crippen molar-refractivity contribution in [1.29, 1.82) is 0 Å². The molecule has 15 heavy (non-hydrogen) atoms. The molecule has 0 saturated carbocycles. The van der Waals surface area contributed by atoms with Crippen molar-refractivity contribution in [1.82, 2.24) is 0 Å². The highest BCUT2D eigenvalue weighted by molar-refractivity contribution is 6.31. The molecule has 0 unspecified atom stereocenters. The molecule has 0 spiro atoms. The Balaban J connectivity index is 3.26. The lowest BCUT2D eigenvalue weighted by Gasteiger charge is -2.14. The first-order valence-corrected chi connectivity index (χ1v) is 5.36. The van der Waals surface area contributed by atoms with Gasteiger partial charge < -0.3 is 5.73 Å². The molecule has 2 N–H and O–H groups in total. The van der Waals surface area contributed by atoms with Crippen LogP contribution in [-0.4, -0.2) is 5.91 Å². The van der Waals surface area contributed by atoms with E-state index in [9.17, 15) is 4.79 Å². The summed E-state index contributed by atoms with van der Waals surface area (Å²) in [5.74, 6) is -0.0222. The summed E-state index contributed by atoms with van der Waals surface area (Å²) >= 11 is 6.16. The number of halogens is 1. The molecule has 0 radical (unpaired) electrons. The summed E-state index contributed by atoms with van der Waals surface area (Å²) in [5.41, 5.74) is 8.24. The van der Waals surface area contributed by atoms with Gasteiger partial charge in [-0.3, -0.25) is 4.79 Å². The first kappa shape index (κ1) is 12.1. The van der Waals surface area contributed by atoms with Gasteiger partial charge in [0.1, 0.15) is 0 Å². The van der Waals surface area contributed by atoms with Crippen molar-refractivity contribution < 1.29 is 4.79 Å². The lowest BCUT2D eigenvalue weighted by atomic mass is 9.93. The van der Waals surface area contributed by atoms with Gasteiger partial charge in [0.05, 0.1) is 6.42 Å². The van der Waals surface area contributed by atoms with Crippen LogP contribution in [0.5, 0.6) is 0 Å². The van der Waals surface area contributed by atoms with Crippen LogP contribution in [0.25, 0.3) is 0 Å². The van der Waals surface area contributed by atoms with Crippen LogP contribution in [0.1, 0.15) is 36.5 Å². The van der Waals surface area contributed by atoms with Crippen molar-refractivity contribution in [2.75, 3.05) is 0 Å². The van der Waals surface area contributed by atoms with Crippen molar-refractivity contribution in [3.05, 3.63) is 33.8 Å². The van der Waals surface area contributed by atoms with E-state index in [1.165, 1.54) is 0 Å². The van der Waals surface area contributed by atoms with E-state index in [1.54, 1.807) is 0 Å². The third-order valence-corrected chi connectivity index (χ3v) is 2.61. The largest absolute Gasteiger partial charge is 0.369 e. The molecule has 0 aliphatic carbocycles. The molecule has 82 valence electrons. The monoisotopic (exact) mass is 225 g/mol. The van der Waals surface area contributed by atoms with Crippen LogP contribution >= 0.6 is 11.6 Å². The number of hydrogen-bond acceptors (Lipinski definition) is 1. The van der Waals surface area contributed by atoms with Crippen molar-refractivity contribution in [3.63, 3.8) is 0 Å². The van der Waals surface area contributed by atoms with Gasteiger partial charge in [-0.15, -0.1) is 0 Å². The number of amides is 1. The van der Waals surface area contributed by atoms with Gasteiger partial charge in [-0.25, -0.2) is 0 Å². The molecule has 1 aromatic rings. The number of carbonyl (C=O) groups is 1. The van der Waals surface area contributed by atoms with Gasteiger partial charge >= 0.3 is 0 Å². The molecule has 1 amide bonds. The van der Waals surface area contributed by atoms with E-state index in [0.29, 0.717) is 5.92 Å². The predicted octanol–water partition coefficient (Wildman–Crippen LogP) is 2.80. The maximum atomic E-state index is 10.9. The average Bonchev–Trinajstić information content (AvgIpc) is 1.99. The molecular weight excluding hydrogens is 210 g/mol. The number of nitrogens with two attached hydrogens (primary N) is 1. The molecule has 0 aliphatic heterocycles. The van der Waals surface area contributed by atoms with E-state index in [0.717, 1.165) is 21.7 Å². The Morgan fingerprint density at radius 1 is 1.47 bits per heavy atom. The number of aryl methyl sites for hydroxylation is 1. The van der Waals surface area contributed by atoms with Gasteiger partial charge in [0.2, 0.25) is 5.91 Å². The zero-order valence-electron chi connectivity index (χ0n) is 9.30. The average molecular weight is 226 g/mol. The van der Waals surface area contributed by atoms with Gasteiger partial charge in [-0.2, -0.15) is 0 Å². The minimum absolute atomic E-state index is 0.259. The van der Waals surface area contributed by atoms with Crippen LogP contribution in [0.15, 0.2) is 12.1 Å². The molecule has 1 rings (SSSR count). The molecular formula is C12H16ClNO. The Labute approximate surface area is 95.4 Å². The third-order valence-electron chi connectivity index (χ3n) is 2.30. The number of carbonyl (C=O) groups excluding carboxylic acids is 1. The summed E-state index contributed by atoms with van der Waals surface area (Å²) in [7, 11) is 0. The fraction of sp³-hybridized carbons (Fsp3) is 0.417. The number of hydrogen-bond donors (Lipinski definition) is 1. The van der Waals surface area contributed by atoms with Gasteiger partial charge in [0, 0.05) is 5.02 Å². The fourth-order valence-corrected chi connectivity index (χ4v) is 2.32. The summed E-state index contributed by atoms with van der Waals surface area (Å²) in [5, 5.41) is 0.723. The summed E-state index contributed by atoms with van der Waals surface area (Å²) < 4.78 is 0. The second kappa shape index (κ2) is 4.67. The fourth-order valence-electron chi connectivity index (χ4n) is 1.81. The maximum Gasteiger partial charge on any atom is 0.221 e. The molecule has 0 heterocycles. The van der Waals surface area contributed by atoms with Crippen molar-refractivity contribution >= 4 is 17.5 Å². The Bertz CT molecular complexity index is 385. The Kier molecular flexibility index (Phi) is 3.75. The SMILES string of the molecule is Cc1cc(Cl)c(C(C)C)c(CC(N)=O)c1. The highest BCUT2D eigenvalue weighted by Crippen LogP contribution is 2.29. The Morgan fingerprint density at radius 3 is 2.53 bits per heavy atom. The topological polar surface area (TPSA) is 43.1 Å². The van der Waals surface area contributed by atoms with E-state index < -0.39 is 0 Å².